The lowest BCUT2D eigenvalue weighted by molar-refractivity contribution is -0.116. The van der Waals surface area contributed by atoms with Crippen molar-refractivity contribution >= 4 is 23.4 Å². The standard InChI is InChI=1S/C30H27ClO5/c31-23-7-4-8-25(17-23)35-19-24(32)13-14-26-27-15-16-34-28(27)18-29(26)36-30(33)22-11-9-21(10-12-22)20-5-2-1-3-6-20/h1-14,17,26-29H,15-16,18-19H2/b14-13+/t26-,27?,28?,29-/m1/s1. The highest BCUT2D eigenvalue weighted by molar-refractivity contribution is 6.30. The van der Waals surface area contributed by atoms with E-state index in [4.69, 9.17) is 25.8 Å². The Labute approximate surface area is 215 Å². The summed E-state index contributed by atoms with van der Waals surface area (Å²) in [5, 5.41) is 0.549. The average Bonchev–Trinajstić information content (AvgIpc) is 3.48. The summed E-state index contributed by atoms with van der Waals surface area (Å²) in [6, 6.07) is 24.4. The Kier molecular flexibility index (Phi) is 7.49. The zero-order valence-electron chi connectivity index (χ0n) is 19.7. The van der Waals surface area contributed by atoms with E-state index in [9.17, 15) is 9.59 Å². The largest absolute Gasteiger partial charge is 0.485 e. The van der Waals surface area contributed by atoms with Gasteiger partial charge in [-0.2, -0.15) is 0 Å². The Morgan fingerprint density at radius 3 is 2.53 bits per heavy atom. The van der Waals surface area contributed by atoms with E-state index in [-0.39, 0.29) is 42.4 Å². The molecule has 0 N–H and O–H groups in total. The van der Waals surface area contributed by atoms with E-state index in [0.29, 0.717) is 29.4 Å². The number of hydrogen-bond acceptors (Lipinski definition) is 5. The fourth-order valence-corrected chi connectivity index (χ4v) is 5.20. The van der Waals surface area contributed by atoms with Crippen molar-refractivity contribution in [3.63, 3.8) is 0 Å². The number of ether oxygens (including phenoxy) is 3. The van der Waals surface area contributed by atoms with Crippen LogP contribution in [-0.2, 0) is 14.3 Å². The van der Waals surface area contributed by atoms with Crippen LogP contribution in [0, 0.1) is 11.8 Å². The molecule has 0 amide bonds. The van der Waals surface area contributed by atoms with Crippen LogP contribution in [-0.4, -0.2) is 37.2 Å². The number of fused-ring (bicyclic) bond motifs is 1. The molecule has 0 aromatic heterocycles. The topological polar surface area (TPSA) is 61.8 Å². The van der Waals surface area contributed by atoms with Gasteiger partial charge in [0.15, 0.2) is 12.4 Å². The van der Waals surface area contributed by atoms with Crippen LogP contribution in [0.15, 0.2) is 91.0 Å². The second-order valence-electron chi connectivity index (χ2n) is 9.13. The van der Waals surface area contributed by atoms with E-state index in [1.807, 2.05) is 48.5 Å². The molecule has 0 radical (unpaired) electrons. The summed E-state index contributed by atoms with van der Waals surface area (Å²) in [5.74, 6) is 0.147. The second-order valence-corrected chi connectivity index (χ2v) is 9.57. The number of carbonyl (C=O) groups is 2. The molecule has 0 bridgehead atoms. The van der Waals surface area contributed by atoms with Crippen molar-refractivity contribution in [3.8, 4) is 16.9 Å². The molecule has 3 aromatic carbocycles. The van der Waals surface area contributed by atoms with E-state index >= 15 is 0 Å². The van der Waals surface area contributed by atoms with Gasteiger partial charge >= 0.3 is 5.97 Å². The zero-order chi connectivity index (χ0) is 24.9. The highest BCUT2D eigenvalue weighted by Crippen LogP contribution is 2.43. The highest BCUT2D eigenvalue weighted by atomic mass is 35.5. The van der Waals surface area contributed by atoms with Crippen LogP contribution in [0.2, 0.25) is 5.02 Å². The van der Waals surface area contributed by atoms with Gasteiger partial charge in [-0.3, -0.25) is 4.79 Å². The molecule has 36 heavy (non-hydrogen) atoms. The molecule has 1 saturated heterocycles. The number of rotatable bonds is 8. The summed E-state index contributed by atoms with van der Waals surface area (Å²) >= 11 is 5.96. The SMILES string of the molecule is O=C(/C=C/[C@@H]1C2CCOC2C[C@H]1OC(=O)c1ccc(-c2ccccc2)cc1)COc1cccc(Cl)c1. The van der Waals surface area contributed by atoms with Gasteiger partial charge in [-0.15, -0.1) is 0 Å². The first-order valence-electron chi connectivity index (χ1n) is 12.1. The molecule has 1 aliphatic carbocycles. The molecule has 3 aromatic rings. The third-order valence-corrected chi connectivity index (χ3v) is 7.05. The van der Waals surface area contributed by atoms with E-state index in [1.165, 1.54) is 6.08 Å². The average molecular weight is 503 g/mol. The molecule has 0 spiro atoms. The van der Waals surface area contributed by atoms with Crippen LogP contribution >= 0.6 is 11.6 Å². The number of hydrogen-bond donors (Lipinski definition) is 0. The van der Waals surface area contributed by atoms with Crippen molar-refractivity contribution < 1.29 is 23.8 Å². The van der Waals surface area contributed by atoms with Crippen molar-refractivity contribution in [1.29, 1.82) is 0 Å². The zero-order valence-corrected chi connectivity index (χ0v) is 20.5. The molecule has 5 rings (SSSR count). The number of benzene rings is 3. The number of esters is 1. The number of ketones is 1. The Morgan fingerprint density at radius 2 is 1.75 bits per heavy atom. The Bertz CT molecular complexity index is 1240. The fourth-order valence-electron chi connectivity index (χ4n) is 5.02. The lowest BCUT2D eigenvalue weighted by atomic mass is 9.91. The van der Waals surface area contributed by atoms with Gasteiger partial charge in [0.05, 0.1) is 11.7 Å². The van der Waals surface area contributed by atoms with Crippen molar-refractivity contribution in [2.45, 2.75) is 25.0 Å². The molecular weight excluding hydrogens is 476 g/mol. The second kappa shape index (κ2) is 11.1. The molecule has 1 aliphatic heterocycles. The maximum Gasteiger partial charge on any atom is 0.338 e. The quantitative estimate of drug-likeness (QED) is 0.272. The normalized spacial score (nSPS) is 22.9. The Balaban J connectivity index is 1.22. The molecule has 1 heterocycles. The molecule has 4 atom stereocenters. The predicted molar refractivity (Wildman–Crippen MR) is 138 cm³/mol. The first kappa shape index (κ1) is 24.3. The van der Waals surface area contributed by atoms with Gasteiger partial charge in [0.25, 0.3) is 0 Å². The summed E-state index contributed by atoms with van der Waals surface area (Å²) in [7, 11) is 0. The Hall–Kier alpha value is -3.41. The summed E-state index contributed by atoms with van der Waals surface area (Å²) in [5.41, 5.74) is 2.63. The molecular formula is C30H27ClO5. The van der Waals surface area contributed by atoms with Gasteiger partial charge in [-0.05, 0) is 59.9 Å². The summed E-state index contributed by atoms with van der Waals surface area (Å²) in [6.07, 6.45) is 4.59. The van der Waals surface area contributed by atoms with Gasteiger partial charge in [0.1, 0.15) is 11.9 Å². The summed E-state index contributed by atoms with van der Waals surface area (Å²) in [6.45, 7) is 0.597. The van der Waals surface area contributed by atoms with E-state index in [1.54, 1.807) is 36.4 Å². The molecule has 5 nitrogen and oxygen atoms in total. The fraction of sp³-hybridized carbons (Fsp3) is 0.267. The number of carbonyl (C=O) groups excluding carboxylic acids is 2. The Morgan fingerprint density at radius 1 is 0.972 bits per heavy atom. The van der Waals surface area contributed by atoms with Gasteiger partial charge in [0.2, 0.25) is 0 Å². The van der Waals surface area contributed by atoms with Gasteiger partial charge in [-0.1, -0.05) is 66.2 Å². The molecule has 1 saturated carbocycles. The van der Waals surface area contributed by atoms with Crippen LogP contribution in [0.3, 0.4) is 0 Å². The lowest BCUT2D eigenvalue weighted by Gasteiger charge is -2.20. The maximum atomic E-state index is 13.0. The van der Waals surface area contributed by atoms with Crippen molar-refractivity contribution in [2.75, 3.05) is 13.2 Å². The lowest BCUT2D eigenvalue weighted by Crippen LogP contribution is -2.24. The van der Waals surface area contributed by atoms with Gasteiger partial charge in [0, 0.05) is 24.0 Å². The maximum absolute atomic E-state index is 13.0. The van der Waals surface area contributed by atoms with E-state index in [0.717, 1.165) is 17.5 Å². The first-order valence-corrected chi connectivity index (χ1v) is 12.5. The monoisotopic (exact) mass is 502 g/mol. The minimum atomic E-state index is -0.367. The summed E-state index contributed by atoms with van der Waals surface area (Å²) in [4.78, 5) is 25.4. The third-order valence-electron chi connectivity index (χ3n) is 6.82. The third kappa shape index (κ3) is 5.69. The van der Waals surface area contributed by atoms with E-state index in [2.05, 4.69) is 0 Å². The minimum Gasteiger partial charge on any atom is -0.485 e. The molecule has 2 fully saturated rings. The van der Waals surface area contributed by atoms with Gasteiger partial charge in [-0.25, -0.2) is 4.79 Å². The van der Waals surface area contributed by atoms with Crippen LogP contribution in [0.4, 0.5) is 0 Å². The molecule has 6 heteroatoms. The van der Waals surface area contributed by atoms with Crippen LogP contribution in [0.5, 0.6) is 5.75 Å². The summed E-state index contributed by atoms with van der Waals surface area (Å²) < 4.78 is 17.4. The van der Waals surface area contributed by atoms with Crippen molar-refractivity contribution in [2.24, 2.45) is 11.8 Å². The molecule has 184 valence electrons. The van der Waals surface area contributed by atoms with Crippen LogP contribution < -0.4 is 4.74 Å². The van der Waals surface area contributed by atoms with Crippen molar-refractivity contribution in [1.82, 2.24) is 0 Å². The van der Waals surface area contributed by atoms with Gasteiger partial charge < -0.3 is 14.2 Å². The predicted octanol–water partition coefficient (Wildman–Crippen LogP) is 6.16. The smallest absolute Gasteiger partial charge is 0.338 e. The highest BCUT2D eigenvalue weighted by Gasteiger charge is 2.47. The minimum absolute atomic E-state index is 0.0377. The van der Waals surface area contributed by atoms with Crippen LogP contribution in [0.25, 0.3) is 11.1 Å². The van der Waals surface area contributed by atoms with Crippen LogP contribution in [0.1, 0.15) is 23.2 Å². The van der Waals surface area contributed by atoms with Crippen molar-refractivity contribution in [3.05, 3.63) is 102 Å². The first-order chi connectivity index (χ1) is 17.6. The molecule has 2 aliphatic rings. The van der Waals surface area contributed by atoms with E-state index < -0.39 is 0 Å². The molecule has 2 unspecified atom stereocenters. The number of halogens is 1.